The lowest BCUT2D eigenvalue weighted by molar-refractivity contribution is 0.481. The van der Waals surface area contributed by atoms with Crippen molar-refractivity contribution in [1.82, 2.24) is 14.8 Å². The van der Waals surface area contributed by atoms with Crippen LogP contribution in [0, 0.1) is 11.3 Å². The van der Waals surface area contributed by atoms with Gasteiger partial charge in [0.05, 0.1) is 21.7 Å². The lowest BCUT2D eigenvalue weighted by Gasteiger charge is -2.13. The van der Waals surface area contributed by atoms with Crippen LogP contribution in [0.1, 0.15) is 5.56 Å². The average Bonchev–Trinajstić information content (AvgIpc) is 3.40. The molecule has 0 spiro atoms. The van der Waals surface area contributed by atoms with Crippen molar-refractivity contribution < 1.29 is 13.2 Å². The molecule has 1 N–H and O–H groups in total. The summed E-state index contributed by atoms with van der Waals surface area (Å²) < 4.78 is 35.2. The maximum atomic E-state index is 12.6. The van der Waals surface area contributed by atoms with E-state index in [1.165, 1.54) is 35.0 Å². The minimum atomic E-state index is -3.88. The molecule has 0 saturated carbocycles. The lowest BCUT2D eigenvalue weighted by atomic mass is 10.1. The molecule has 30 heavy (non-hydrogen) atoms. The zero-order valence-corrected chi connectivity index (χ0v) is 17.3. The molecule has 2 aromatic heterocycles. The molecule has 0 aliphatic heterocycles. The molecule has 0 fully saturated rings. The number of nitriles is 1. The predicted octanol–water partition coefficient (Wildman–Crippen LogP) is 4.01. The fraction of sp³-hybridized carbons (Fsp3) is 0.0500. The van der Waals surface area contributed by atoms with Gasteiger partial charge in [0.2, 0.25) is 0 Å². The van der Waals surface area contributed by atoms with Crippen LogP contribution in [0.3, 0.4) is 0 Å². The number of thiazole rings is 1. The van der Waals surface area contributed by atoms with Crippen LogP contribution in [-0.4, -0.2) is 23.2 Å². The van der Waals surface area contributed by atoms with E-state index >= 15 is 0 Å². The van der Waals surface area contributed by atoms with Gasteiger partial charge in [0.15, 0.2) is 5.82 Å². The first-order valence-electron chi connectivity index (χ1n) is 8.68. The second-order valence-electron chi connectivity index (χ2n) is 6.19. The van der Waals surface area contributed by atoms with Gasteiger partial charge >= 0.3 is 0 Å². The molecule has 0 atom stereocenters. The molecule has 2 aromatic carbocycles. The Morgan fingerprint density at radius 1 is 1.17 bits per heavy atom. The topological polar surface area (TPSA) is 110 Å². The number of aromatic nitrogens is 3. The number of hydrogen-bond acceptors (Lipinski definition) is 7. The SMILES string of the molecule is Cn1nccc1-c1ccccc1Oc1ccc(S(=O)(=O)Nc2cscn2)cc1C#N. The van der Waals surface area contributed by atoms with Crippen LogP contribution in [0.4, 0.5) is 5.82 Å². The van der Waals surface area contributed by atoms with E-state index in [0.717, 1.165) is 11.3 Å². The summed E-state index contributed by atoms with van der Waals surface area (Å²) in [4.78, 5) is 3.86. The first-order chi connectivity index (χ1) is 14.5. The maximum Gasteiger partial charge on any atom is 0.263 e. The largest absolute Gasteiger partial charge is 0.455 e. The van der Waals surface area contributed by atoms with Crippen LogP contribution in [0.25, 0.3) is 11.3 Å². The second-order valence-corrected chi connectivity index (χ2v) is 8.59. The molecule has 0 amide bonds. The van der Waals surface area contributed by atoms with Crippen LogP contribution in [0.2, 0.25) is 0 Å². The number of hydrogen-bond donors (Lipinski definition) is 1. The minimum Gasteiger partial charge on any atom is -0.455 e. The summed E-state index contributed by atoms with van der Waals surface area (Å²) in [5.74, 6) is 0.998. The Morgan fingerprint density at radius 2 is 2.00 bits per heavy atom. The van der Waals surface area contributed by atoms with Crippen LogP contribution in [-0.2, 0) is 17.1 Å². The summed E-state index contributed by atoms with van der Waals surface area (Å²) in [6, 6.07) is 15.3. The quantitative estimate of drug-likeness (QED) is 0.488. The van der Waals surface area contributed by atoms with Crippen molar-refractivity contribution in [2.24, 2.45) is 7.05 Å². The number of rotatable bonds is 6. The fourth-order valence-corrected chi connectivity index (χ4v) is 4.42. The standard InChI is InChI=1S/C20H15N5O3S2/c1-25-17(8-9-23-25)16-4-2-3-5-19(16)28-18-7-6-15(10-14(18)11-21)30(26,27)24-20-12-29-13-22-20/h2-10,12-13,24H,1H3. The number of nitrogens with one attached hydrogen (secondary N) is 1. The number of benzene rings is 2. The van der Waals surface area contributed by atoms with Crippen molar-refractivity contribution in [2.75, 3.05) is 4.72 Å². The van der Waals surface area contributed by atoms with Crippen molar-refractivity contribution in [3.8, 4) is 28.8 Å². The molecule has 0 bridgehead atoms. The van der Waals surface area contributed by atoms with Gasteiger partial charge in [-0.25, -0.2) is 13.4 Å². The zero-order chi connectivity index (χ0) is 21.1. The Balaban J connectivity index is 1.68. The van der Waals surface area contributed by atoms with Crippen LogP contribution in [0.5, 0.6) is 11.5 Å². The molecule has 0 radical (unpaired) electrons. The lowest BCUT2D eigenvalue weighted by Crippen LogP contribution is -2.13. The molecule has 0 aliphatic rings. The summed E-state index contributed by atoms with van der Waals surface area (Å²) in [6.07, 6.45) is 1.68. The van der Waals surface area contributed by atoms with Gasteiger partial charge in [-0.1, -0.05) is 12.1 Å². The van der Waals surface area contributed by atoms with Crippen molar-refractivity contribution in [2.45, 2.75) is 4.90 Å². The van der Waals surface area contributed by atoms with Gasteiger partial charge in [-0.2, -0.15) is 10.4 Å². The highest BCUT2D eigenvalue weighted by molar-refractivity contribution is 7.92. The summed E-state index contributed by atoms with van der Waals surface area (Å²) in [6.45, 7) is 0. The Hall–Kier alpha value is -3.68. The Kier molecular flexibility index (Phi) is 5.22. The molecule has 10 heteroatoms. The van der Waals surface area contributed by atoms with Crippen molar-refractivity contribution in [3.05, 3.63) is 71.2 Å². The second kappa shape index (κ2) is 7.98. The zero-order valence-electron chi connectivity index (χ0n) is 15.7. The van der Waals surface area contributed by atoms with E-state index in [9.17, 15) is 13.7 Å². The normalized spacial score (nSPS) is 11.1. The highest BCUT2D eigenvalue weighted by Crippen LogP contribution is 2.34. The van der Waals surface area contributed by atoms with E-state index in [0.29, 0.717) is 5.75 Å². The molecule has 4 rings (SSSR count). The minimum absolute atomic E-state index is 0.0562. The summed E-state index contributed by atoms with van der Waals surface area (Å²) in [5, 5.41) is 15.3. The first kappa shape index (κ1) is 19.6. The third-order valence-electron chi connectivity index (χ3n) is 4.26. The Bertz CT molecular complexity index is 1340. The van der Waals surface area contributed by atoms with Crippen molar-refractivity contribution in [1.29, 1.82) is 5.26 Å². The monoisotopic (exact) mass is 437 g/mol. The van der Waals surface area contributed by atoms with Crippen LogP contribution in [0.15, 0.2) is 70.5 Å². The van der Waals surface area contributed by atoms with Gasteiger partial charge in [0.25, 0.3) is 10.0 Å². The average molecular weight is 438 g/mol. The highest BCUT2D eigenvalue weighted by Gasteiger charge is 2.19. The number of nitrogens with zero attached hydrogens (tertiary/aromatic N) is 4. The van der Waals surface area contributed by atoms with E-state index in [4.69, 9.17) is 4.74 Å². The first-order valence-corrected chi connectivity index (χ1v) is 11.1. The molecule has 0 aliphatic carbocycles. The van der Waals surface area contributed by atoms with E-state index in [1.54, 1.807) is 22.3 Å². The Labute approximate surface area is 177 Å². The van der Waals surface area contributed by atoms with E-state index in [1.807, 2.05) is 37.4 Å². The van der Waals surface area contributed by atoms with E-state index in [-0.39, 0.29) is 22.0 Å². The highest BCUT2D eigenvalue weighted by atomic mass is 32.2. The van der Waals surface area contributed by atoms with E-state index < -0.39 is 10.0 Å². The molecular weight excluding hydrogens is 422 g/mol. The van der Waals surface area contributed by atoms with Crippen LogP contribution < -0.4 is 9.46 Å². The third-order valence-corrected chi connectivity index (χ3v) is 6.20. The summed E-state index contributed by atoms with van der Waals surface area (Å²) >= 11 is 1.27. The molecule has 0 unspecified atom stereocenters. The van der Waals surface area contributed by atoms with E-state index in [2.05, 4.69) is 14.8 Å². The smallest absolute Gasteiger partial charge is 0.263 e. The molecule has 4 aromatic rings. The Morgan fingerprint density at radius 3 is 2.70 bits per heavy atom. The molecular formula is C20H15N5O3S2. The number of aryl methyl sites for hydroxylation is 1. The van der Waals surface area contributed by atoms with Gasteiger partial charge in [0, 0.05) is 24.2 Å². The fourth-order valence-electron chi connectivity index (χ4n) is 2.84. The summed E-state index contributed by atoms with van der Waals surface area (Å²) in [7, 11) is -2.06. The van der Waals surface area contributed by atoms with Crippen LogP contribution >= 0.6 is 11.3 Å². The number of sulfonamides is 1. The van der Waals surface area contributed by atoms with Gasteiger partial charge in [0.1, 0.15) is 17.6 Å². The number of para-hydroxylation sites is 1. The summed E-state index contributed by atoms with van der Waals surface area (Å²) in [5.41, 5.74) is 3.25. The van der Waals surface area contributed by atoms with Crippen molar-refractivity contribution in [3.63, 3.8) is 0 Å². The number of anilines is 1. The molecule has 8 nitrogen and oxygen atoms in total. The molecule has 150 valence electrons. The predicted molar refractivity (Wildman–Crippen MR) is 113 cm³/mol. The van der Waals surface area contributed by atoms with Gasteiger partial charge in [-0.3, -0.25) is 9.40 Å². The van der Waals surface area contributed by atoms with Gasteiger partial charge in [-0.05, 0) is 36.4 Å². The van der Waals surface area contributed by atoms with Gasteiger partial charge in [-0.15, -0.1) is 11.3 Å². The molecule has 2 heterocycles. The third kappa shape index (κ3) is 3.89. The maximum absolute atomic E-state index is 12.6. The molecule has 0 saturated heterocycles. The van der Waals surface area contributed by atoms with Crippen molar-refractivity contribution >= 4 is 27.2 Å². The number of ether oxygens (including phenoxy) is 1. The van der Waals surface area contributed by atoms with Gasteiger partial charge < -0.3 is 4.74 Å².